The number of hydrogen-bond acceptors (Lipinski definition) is 5. The minimum Gasteiger partial charge on any atom is -0.504 e. The molecule has 0 radical (unpaired) electrons. The molecule has 25 heavy (non-hydrogen) atoms. The van der Waals surface area contributed by atoms with E-state index in [2.05, 4.69) is 15.3 Å². The van der Waals surface area contributed by atoms with Crippen molar-refractivity contribution in [1.82, 2.24) is 14.9 Å². The van der Waals surface area contributed by atoms with Crippen molar-refractivity contribution in [2.24, 2.45) is 11.0 Å². The van der Waals surface area contributed by atoms with Crippen LogP contribution in [-0.4, -0.2) is 31.3 Å². The lowest BCUT2D eigenvalue weighted by atomic mass is 9.86. The predicted octanol–water partition coefficient (Wildman–Crippen LogP) is 4.40. The molecule has 0 amide bonds. The van der Waals surface area contributed by atoms with Crippen molar-refractivity contribution in [1.29, 1.82) is 0 Å². The maximum Gasteiger partial charge on any atom is 0.216 e. The number of hydrogen-bond donors (Lipinski definition) is 3. The van der Waals surface area contributed by atoms with Gasteiger partial charge in [0.05, 0.1) is 11.2 Å². The largest absolute Gasteiger partial charge is 0.504 e. The van der Waals surface area contributed by atoms with Crippen LogP contribution in [0.5, 0.6) is 11.5 Å². The third-order valence-corrected chi connectivity index (χ3v) is 5.16. The molecule has 6 nitrogen and oxygen atoms in total. The number of nitrogens with zero attached hydrogens (tertiary/aromatic N) is 3. The van der Waals surface area contributed by atoms with Crippen LogP contribution in [0, 0.1) is 10.7 Å². The van der Waals surface area contributed by atoms with Crippen molar-refractivity contribution in [3.05, 3.63) is 33.3 Å². The van der Waals surface area contributed by atoms with Gasteiger partial charge in [0.25, 0.3) is 0 Å². The Kier molecular flexibility index (Phi) is 5.75. The molecule has 1 aliphatic rings. The van der Waals surface area contributed by atoms with Crippen molar-refractivity contribution in [2.45, 2.75) is 44.9 Å². The van der Waals surface area contributed by atoms with Gasteiger partial charge in [-0.25, -0.2) is 0 Å². The third-order valence-electron chi connectivity index (χ3n) is 4.61. The summed E-state index contributed by atoms with van der Waals surface area (Å²) >= 11 is 11.1. The fourth-order valence-electron chi connectivity index (χ4n) is 3.22. The van der Waals surface area contributed by atoms with Gasteiger partial charge in [0.1, 0.15) is 0 Å². The molecule has 2 aromatic rings. The highest BCUT2D eigenvalue weighted by atomic mass is 35.5. The van der Waals surface area contributed by atoms with E-state index in [0.29, 0.717) is 10.3 Å². The van der Waals surface area contributed by atoms with E-state index in [0.717, 1.165) is 24.6 Å². The van der Waals surface area contributed by atoms with Gasteiger partial charge in [-0.15, -0.1) is 0 Å². The van der Waals surface area contributed by atoms with Gasteiger partial charge in [0.2, 0.25) is 4.77 Å². The average molecular weight is 381 g/mol. The lowest BCUT2D eigenvalue weighted by Gasteiger charge is -2.20. The van der Waals surface area contributed by atoms with Crippen molar-refractivity contribution in [3.8, 4) is 11.5 Å². The molecule has 0 unspecified atom stereocenters. The number of phenols is 2. The number of aromatic nitrogens is 3. The molecule has 0 atom stereocenters. The van der Waals surface area contributed by atoms with E-state index < -0.39 is 0 Å². The molecule has 1 heterocycles. The van der Waals surface area contributed by atoms with Crippen molar-refractivity contribution < 1.29 is 10.2 Å². The summed E-state index contributed by atoms with van der Waals surface area (Å²) in [7, 11) is 0. The zero-order chi connectivity index (χ0) is 17.8. The second kappa shape index (κ2) is 8.01. The molecule has 1 aromatic carbocycles. The number of nitrogens with one attached hydrogen (secondary N) is 1. The van der Waals surface area contributed by atoms with Crippen LogP contribution in [0.1, 0.15) is 49.9 Å². The fraction of sp³-hybridized carbons (Fsp3) is 0.471. The summed E-state index contributed by atoms with van der Waals surface area (Å²) in [5, 5.41) is 30.6. The third kappa shape index (κ3) is 4.41. The van der Waals surface area contributed by atoms with Crippen LogP contribution in [0.25, 0.3) is 0 Å². The van der Waals surface area contributed by atoms with Crippen LogP contribution >= 0.6 is 23.8 Å². The summed E-state index contributed by atoms with van der Waals surface area (Å²) in [6.07, 6.45) is 10.0. The normalized spacial score (nSPS) is 15.9. The van der Waals surface area contributed by atoms with Crippen LogP contribution in [-0.2, 0) is 6.42 Å². The molecule has 1 saturated carbocycles. The molecule has 0 saturated heterocycles. The van der Waals surface area contributed by atoms with E-state index in [1.165, 1.54) is 50.5 Å². The first-order chi connectivity index (χ1) is 12.0. The SMILES string of the molecule is Oc1cc(/C=N/n2c(CCC3CCCCC3)n[nH]c2=S)cc(Cl)c1O. The number of benzene rings is 1. The summed E-state index contributed by atoms with van der Waals surface area (Å²) in [5.74, 6) is 0.916. The van der Waals surface area contributed by atoms with Crippen molar-refractivity contribution >= 4 is 30.0 Å². The standard InChI is InChI=1S/C17H21ClN4O2S/c18-13-8-12(9-14(23)16(13)24)10-19-22-15(20-21-17(22)25)7-6-11-4-2-1-3-5-11/h8-11,23-24H,1-7H2,(H,21,25)/b19-10+. The molecule has 8 heteroatoms. The van der Waals surface area contributed by atoms with E-state index in [-0.39, 0.29) is 16.5 Å². The summed E-state index contributed by atoms with van der Waals surface area (Å²) in [6.45, 7) is 0. The molecule has 0 spiro atoms. The first-order valence-corrected chi connectivity index (χ1v) is 9.25. The van der Waals surface area contributed by atoms with E-state index >= 15 is 0 Å². The minimum absolute atomic E-state index is 0.0646. The molecular weight excluding hydrogens is 360 g/mol. The van der Waals surface area contributed by atoms with Crippen LogP contribution < -0.4 is 0 Å². The molecule has 0 aliphatic heterocycles. The number of rotatable bonds is 5. The molecule has 1 aliphatic carbocycles. The van der Waals surface area contributed by atoms with Crippen LogP contribution in [0.3, 0.4) is 0 Å². The number of aromatic amines is 1. The number of aryl methyl sites for hydroxylation is 1. The number of aromatic hydroxyl groups is 2. The van der Waals surface area contributed by atoms with Gasteiger partial charge in [-0.3, -0.25) is 5.10 Å². The molecule has 0 bridgehead atoms. The molecule has 1 fully saturated rings. The van der Waals surface area contributed by atoms with Gasteiger partial charge < -0.3 is 10.2 Å². The van der Waals surface area contributed by atoms with Crippen LogP contribution in [0.4, 0.5) is 0 Å². The predicted molar refractivity (Wildman–Crippen MR) is 100 cm³/mol. The lowest BCUT2D eigenvalue weighted by molar-refractivity contribution is 0.336. The smallest absolute Gasteiger partial charge is 0.216 e. The second-order valence-corrected chi connectivity index (χ2v) is 7.21. The lowest BCUT2D eigenvalue weighted by Crippen LogP contribution is -2.09. The topological polar surface area (TPSA) is 86.4 Å². The molecule has 3 N–H and O–H groups in total. The Morgan fingerprint density at radius 1 is 1.32 bits per heavy atom. The maximum atomic E-state index is 9.63. The van der Waals surface area contributed by atoms with Gasteiger partial charge in [-0.2, -0.15) is 14.9 Å². The Labute approximate surface area is 156 Å². The van der Waals surface area contributed by atoms with Gasteiger partial charge in [-0.1, -0.05) is 43.7 Å². The summed E-state index contributed by atoms with van der Waals surface area (Å²) in [4.78, 5) is 0. The Morgan fingerprint density at radius 3 is 2.80 bits per heavy atom. The highest BCUT2D eigenvalue weighted by Gasteiger charge is 2.15. The first kappa shape index (κ1) is 17.9. The van der Waals surface area contributed by atoms with Gasteiger partial charge >= 0.3 is 0 Å². The van der Waals surface area contributed by atoms with Crippen molar-refractivity contribution in [2.75, 3.05) is 0 Å². The van der Waals surface area contributed by atoms with Crippen LogP contribution in [0.15, 0.2) is 17.2 Å². The van der Waals surface area contributed by atoms with Crippen LogP contribution in [0.2, 0.25) is 5.02 Å². The molecular formula is C17H21ClN4O2S. The zero-order valence-corrected chi connectivity index (χ0v) is 15.4. The van der Waals surface area contributed by atoms with E-state index in [1.807, 2.05) is 0 Å². The van der Waals surface area contributed by atoms with Gasteiger partial charge in [0.15, 0.2) is 17.3 Å². The highest BCUT2D eigenvalue weighted by Crippen LogP contribution is 2.33. The van der Waals surface area contributed by atoms with E-state index in [4.69, 9.17) is 23.8 Å². The summed E-state index contributed by atoms with van der Waals surface area (Å²) in [6, 6.07) is 2.90. The summed E-state index contributed by atoms with van der Waals surface area (Å²) in [5.41, 5.74) is 0.557. The van der Waals surface area contributed by atoms with Gasteiger partial charge in [0, 0.05) is 6.42 Å². The number of H-pyrrole nitrogens is 1. The Balaban J connectivity index is 1.74. The Hall–Kier alpha value is -1.86. The maximum absolute atomic E-state index is 9.63. The average Bonchev–Trinajstić information content (AvgIpc) is 2.96. The zero-order valence-electron chi connectivity index (χ0n) is 13.8. The Morgan fingerprint density at radius 2 is 2.08 bits per heavy atom. The molecule has 1 aromatic heterocycles. The summed E-state index contributed by atoms with van der Waals surface area (Å²) < 4.78 is 2.01. The first-order valence-electron chi connectivity index (χ1n) is 8.46. The van der Waals surface area contributed by atoms with Gasteiger partial charge in [-0.05, 0) is 42.3 Å². The monoisotopic (exact) mass is 380 g/mol. The van der Waals surface area contributed by atoms with E-state index in [9.17, 15) is 10.2 Å². The fourth-order valence-corrected chi connectivity index (χ4v) is 3.64. The number of phenolic OH excluding ortho intramolecular Hbond substituents is 2. The van der Waals surface area contributed by atoms with Crippen molar-refractivity contribution in [3.63, 3.8) is 0 Å². The quantitative estimate of drug-likeness (QED) is 0.407. The second-order valence-electron chi connectivity index (χ2n) is 6.41. The molecule has 134 valence electrons. The molecule has 3 rings (SSSR count). The number of halogens is 1. The Bertz CT molecular complexity index is 801. The highest BCUT2D eigenvalue weighted by molar-refractivity contribution is 7.71. The van der Waals surface area contributed by atoms with E-state index in [1.54, 1.807) is 4.68 Å². The minimum atomic E-state index is -0.341.